The molecule has 5 fully saturated rings. The number of urea groups is 1. The summed E-state index contributed by atoms with van der Waals surface area (Å²) in [4.78, 5) is 16.7. The van der Waals surface area contributed by atoms with Crippen LogP contribution in [0.3, 0.4) is 0 Å². The number of amides is 2. The quantitative estimate of drug-likeness (QED) is 0.556. The van der Waals surface area contributed by atoms with Crippen LogP contribution in [0.25, 0.3) is 0 Å². The van der Waals surface area contributed by atoms with Gasteiger partial charge in [-0.05, 0) is 55.4 Å². The number of hydrogen-bond acceptors (Lipinski definition) is 5. The van der Waals surface area contributed by atoms with Gasteiger partial charge in [0.1, 0.15) is 0 Å². The molecule has 1 aromatic carbocycles. The first-order valence-electron chi connectivity index (χ1n) is 13.8. The highest BCUT2D eigenvalue weighted by atomic mass is 19.4. The molecule has 6 rings (SSSR count). The molecule has 2 amide bonds. The van der Waals surface area contributed by atoms with Crippen molar-refractivity contribution in [1.29, 1.82) is 0 Å². The number of nitrogens with zero attached hydrogens (tertiary/aromatic N) is 2. The number of hydrazine groups is 1. The molecule has 4 aliphatic heterocycles. The second-order valence-corrected chi connectivity index (χ2v) is 11.8. The van der Waals surface area contributed by atoms with E-state index in [1.54, 1.807) is 0 Å². The maximum atomic E-state index is 13.4. The van der Waals surface area contributed by atoms with Crippen molar-refractivity contribution < 1.29 is 22.7 Å². The number of benzene rings is 1. The Balaban J connectivity index is 1.17. The molecule has 0 aromatic heterocycles. The van der Waals surface area contributed by atoms with Crippen LogP contribution in [0.2, 0.25) is 0 Å². The first-order chi connectivity index (χ1) is 17.8. The van der Waals surface area contributed by atoms with Crippen LogP contribution in [0.1, 0.15) is 43.6 Å². The van der Waals surface area contributed by atoms with Crippen molar-refractivity contribution in [3.63, 3.8) is 0 Å². The lowest BCUT2D eigenvalue weighted by molar-refractivity contribution is -0.143. The summed E-state index contributed by atoms with van der Waals surface area (Å²) in [5, 5.41) is 3.25. The fourth-order valence-corrected chi connectivity index (χ4v) is 7.66. The molecular weight excluding hydrogens is 483 g/mol. The van der Waals surface area contributed by atoms with Gasteiger partial charge in [0.15, 0.2) is 0 Å². The maximum Gasteiger partial charge on any atom is 0.401 e. The van der Waals surface area contributed by atoms with Gasteiger partial charge in [0.25, 0.3) is 0 Å². The Morgan fingerprint density at radius 2 is 1.76 bits per heavy atom. The van der Waals surface area contributed by atoms with Crippen molar-refractivity contribution in [2.45, 2.75) is 68.4 Å². The van der Waals surface area contributed by atoms with Crippen molar-refractivity contribution in [2.24, 2.45) is 17.8 Å². The zero-order valence-corrected chi connectivity index (χ0v) is 21.1. The van der Waals surface area contributed by atoms with E-state index < -0.39 is 12.7 Å². The van der Waals surface area contributed by atoms with Gasteiger partial charge in [-0.1, -0.05) is 30.3 Å². The second-order valence-electron chi connectivity index (χ2n) is 11.8. The summed E-state index contributed by atoms with van der Waals surface area (Å²) >= 11 is 0. The van der Waals surface area contributed by atoms with Crippen molar-refractivity contribution in [3.05, 3.63) is 35.9 Å². The van der Waals surface area contributed by atoms with E-state index in [9.17, 15) is 18.0 Å². The lowest BCUT2D eigenvalue weighted by atomic mass is 9.70. The van der Waals surface area contributed by atoms with E-state index in [-0.39, 0.29) is 30.6 Å². The molecule has 0 spiro atoms. The molecule has 0 bridgehead atoms. The minimum Gasteiger partial charge on any atom is -0.381 e. The zero-order valence-electron chi connectivity index (χ0n) is 21.1. The highest BCUT2D eigenvalue weighted by Gasteiger charge is 2.50. The van der Waals surface area contributed by atoms with Crippen LogP contribution in [0.4, 0.5) is 18.0 Å². The van der Waals surface area contributed by atoms with Gasteiger partial charge in [0.2, 0.25) is 0 Å². The molecule has 5 aliphatic rings. The minimum absolute atomic E-state index is 0.101. The van der Waals surface area contributed by atoms with E-state index in [0.29, 0.717) is 42.9 Å². The fraction of sp³-hybridized carbons (Fsp3) is 0.741. The molecule has 1 aliphatic carbocycles. The summed E-state index contributed by atoms with van der Waals surface area (Å²) in [6, 6.07) is 10.1. The van der Waals surface area contributed by atoms with Crippen LogP contribution in [-0.2, 0) is 4.74 Å². The number of alkyl halides is 3. The van der Waals surface area contributed by atoms with Crippen LogP contribution < -0.4 is 16.2 Å². The molecule has 5 unspecified atom stereocenters. The van der Waals surface area contributed by atoms with Gasteiger partial charge in [-0.25, -0.2) is 4.79 Å². The van der Waals surface area contributed by atoms with Crippen LogP contribution in [0.15, 0.2) is 30.3 Å². The number of hydrogen-bond donors (Lipinski definition) is 3. The van der Waals surface area contributed by atoms with Gasteiger partial charge in [-0.15, -0.1) is 0 Å². The van der Waals surface area contributed by atoms with Crippen molar-refractivity contribution in [1.82, 2.24) is 26.0 Å². The second kappa shape index (κ2) is 10.4. The third-order valence-electron chi connectivity index (χ3n) is 9.46. The van der Waals surface area contributed by atoms with Gasteiger partial charge >= 0.3 is 12.2 Å². The highest BCUT2D eigenvalue weighted by Crippen LogP contribution is 2.41. The first kappa shape index (κ1) is 25.4. The molecule has 1 aromatic rings. The molecule has 7 nitrogen and oxygen atoms in total. The average molecular weight is 522 g/mol. The zero-order chi connectivity index (χ0) is 25.6. The fourth-order valence-electron chi connectivity index (χ4n) is 7.66. The van der Waals surface area contributed by atoms with Gasteiger partial charge in [-0.3, -0.25) is 15.8 Å². The van der Waals surface area contributed by atoms with Crippen LogP contribution >= 0.6 is 0 Å². The smallest absolute Gasteiger partial charge is 0.381 e. The van der Waals surface area contributed by atoms with E-state index in [0.717, 1.165) is 50.9 Å². The molecule has 3 N–H and O–H groups in total. The Morgan fingerprint density at radius 3 is 2.51 bits per heavy atom. The SMILES string of the molecule is O=C1NC2CC3NNC(CC4CCOCC4)C3CC2CN1[C@@H]1CN(CC(F)(F)F)C[C@H]1c1ccccc1. The third kappa shape index (κ3) is 5.48. The summed E-state index contributed by atoms with van der Waals surface area (Å²) in [7, 11) is 0. The lowest BCUT2D eigenvalue weighted by Crippen LogP contribution is -2.64. The number of carbonyl (C=O) groups excluding carboxylic acids is 1. The van der Waals surface area contributed by atoms with Crippen molar-refractivity contribution in [3.8, 4) is 0 Å². The number of nitrogens with one attached hydrogen (secondary N) is 3. The first-order valence-corrected chi connectivity index (χ1v) is 13.8. The summed E-state index contributed by atoms with van der Waals surface area (Å²) in [5.41, 5.74) is 8.06. The Bertz CT molecular complexity index is 944. The number of carbonyl (C=O) groups is 1. The molecule has 204 valence electrons. The Morgan fingerprint density at radius 1 is 0.973 bits per heavy atom. The predicted molar refractivity (Wildman–Crippen MR) is 133 cm³/mol. The van der Waals surface area contributed by atoms with Gasteiger partial charge in [-0.2, -0.15) is 13.2 Å². The Labute approximate surface area is 216 Å². The van der Waals surface area contributed by atoms with E-state index in [4.69, 9.17) is 4.74 Å². The molecule has 1 saturated carbocycles. The number of ether oxygens (including phenoxy) is 1. The van der Waals surface area contributed by atoms with Crippen molar-refractivity contribution >= 4 is 6.03 Å². The van der Waals surface area contributed by atoms with E-state index >= 15 is 0 Å². The molecule has 4 heterocycles. The highest BCUT2D eigenvalue weighted by molar-refractivity contribution is 5.76. The summed E-state index contributed by atoms with van der Waals surface area (Å²) < 4.78 is 45.4. The van der Waals surface area contributed by atoms with Gasteiger partial charge < -0.3 is 15.0 Å². The minimum atomic E-state index is -4.26. The number of rotatable bonds is 5. The predicted octanol–water partition coefficient (Wildman–Crippen LogP) is 3.10. The Kier molecular flexibility index (Phi) is 7.11. The number of fused-ring (bicyclic) bond motifs is 2. The standard InChI is InChI=1S/C27H38F3N5O2/c28-27(29,30)16-34-14-21(18-4-2-1-3-5-18)25(15-34)35-13-19-11-20-23(10-17-6-8-37-9-7-17)32-33-24(20)12-22(19)31-26(35)36/h1-5,17,19-25,32-33H,6-16H2,(H,31,36)/t19?,20?,21-,22?,23?,24?,25+/m0/s1. The molecular formula is C27H38F3N5O2. The number of halogens is 3. The summed E-state index contributed by atoms with van der Waals surface area (Å²) in [5.74, 6) is 1.33. The molecule has 7 atom stereocenters. The van der Waals surface area contributed by atoms with E-state index in [1.807, 2.05) is 35.2 Å². The average Bonchev–Trinajstić information content (AvgIpc) is 3.46. The topological polar surface area (TPSA) is 68.9 Å². The number of likely N-dealkylation sites (tertiary alicyclic amines) is 1. The van der Waals surface area contributed by atoms with E-state index in [1.165, 1.54) is 4.90 Å². The van der Waals surface area contributed by atoms with Crippen LogP contribution in [-0.4, -0.2) is 85.6 Å². The van der Waals surface area contributed by atoms with Crippen LogP contribution in [0, 0.1) is 17.8 Å². The monoisotopic (exact) mass is 521 g/mol. The lowest BCUT2D eigenvalue weighted by Gasteiger charge is -2.48. The van der Waals surface area contributed by atoms with Crippen molar-refractivity contribution in [2.75, 3.05) is 39.4 Å². The normalized spacial score (nSPS) is 37.3. The summed E-state index contributed by atoms with van der Waals surface area (Å²) in [6.07, 6.45) is 1.00. The van der Waals surface area contributed by atoms with Gasteiger partial charge in [0, 0.05) is 56.9 Å². The van der Waals surface area contributed by atoms with Gasteiger partial charge in [0.05, 0.1) is 12.6 Å². The molecule has 0 radical (unpaired) electrons. The molecule has 10 heteroatoms. The Hall–Kier alpha value is -1.88. The third-order valence-corrected chi connectivity index (χ3v) is 9.46. The largest absolute Gasteiger partial charge is 0.401 e. The summed E-state index contributed by atoms with van der Waals surface area (Å²) in [6.45, 7) is 1.91. The molecule has 37 heavy (non-hydrogen) atoms. The van der Waals surface area contributed by atoms with E-state index in [2.05, 4.69) is 16.2 Å². The molecule has 4 saturated heterocycles. The van der Waals surface area contributed by atoms with Crippen LogP contribution in [0.5, 0.6) is 0 Å². The maximum absolute atomic E-state index is 13.4.